The van der Waals surface area contributed by atoms with Crippen molar-refractivity contribution in [3.63, 3.8) is 0 Å². The minimum atomic E-state index is -4.48. The molecule has 0 atom stereocenters. The van der Waals surface area contributed by atoms with E-state index in [9.17, 15) is 13.2 Å². The molecule has 0 aliphatic rings. The number of halogens is 3. The molecule has 1 N–H and O–H groups in total. The Morgan fingerprint density at radius 2 is 1.82 bits per heavy atom. The van der Waals surface area contributed by atoms with E-state index < -0.39 is 18.3 Å². The number of aliphatic hydroxyl groups excluding tert-OH is 1. The third kappa shape index (κ3) is 2.82. The van der Waals surface area contributed by atoms with Gasteiger partial charge in [-0.05, 0) is 18.6 Å². The molecule has 0 aliphatic heterocycles. The molecule has 96 valence electrons. The monoisotopic (exact) mass is 250 g/mol. The van der Waals surface area contributed by atoms with Crippen molar-refractivity contribution in [3.8, 4) is 11.5 Å². The molecular weight excluding hydrogens is 237 g/mol. The van der Waals surface area contributed by atoms with Crippen molar-refractivity contribution in [2.24, 2.45) is 0 Å². The minimum Gasteiger partial charge on any atom is -0.493 e. The molecule has 1 aromatic carbocycles. The van der Waals surface area contributed by atoms with Crippen LogP contribution in [0.1, 0.15) is 11.1 Å². The average Bonchev–Trinajstić information content (AvgIpc) is 2.27. The van der Waals surface area contributed by atoms with Crippen LogP contribution in [-0.4, -0.2) is 25.9 Å². The Labute approximate surface area is 96.8 Å². The normalized spacial score (nSPS) is 11.4. The van der Waals surface area contributed by atoms with Gasteiger partial charge >= 0.3 is 6.18 Å². The van der Waals surface area contributed by atoms with Crippen LogP contribution in [0, 0.1) is 0 Å². The van der Waals surface area contributed by atoms with Crippen molar-refractivity contribution in [2.75, 3.05) is 20.8 Å². The summed E-state index contributed by atoms with van der Waals surface area (Å²) in [4.78, 5) is 0. The van der Waals surface area contributed by atoms with Gasteiger partial charge in [-0.15, -0.1) is 0 Å². The van der Waals surface area contributed by atoms with Crippen molar-refractivity contribution < 1.29 is 27.8 Å². The summed E-state index contributed by atoms with van der Waals surface area (Å²) >= 11 is 0. The predicted molar refractivity (Wildman–Crippen MR) is 55.3 cm³/mol. The number of benzene rings is 1. The number of methoxy groups -OCH3 is 2. The highest BCUT2D eigenvalue weighted by atomic mass is 19.4. The van der Waals surface area contributed by atoms with E-state index in [1.54, 1.807) is 0 Å². The second kappa shape index (κ2) is 5.27. The standard InChI is InChI=1S/C11H13F3O3/c1-16-9-4-3-8(11(12,13)14)7(5-6-15)10(9)17-2/h3-4,15H,5-6H2,1-2H3. The lowest BCUT2D eigenvalue weighted by molar-refractivity contribution is -0.138. The first-order valence-corrected chi connectivity index (χ1v) is 4.87. The number of aliphatic hydroxyl groups is 1. The smallest absolute Gasteiger partial charge is 0.416 e. The van der Waals surface area contributed by atoms with Crippen LogP contribution in [0.3, 0.4) is 0 Å². The lowest BCUT2D eigenvalue weighted by Crippen LogP contribution is -2.12. The Balaban J connectivity index is 3.42. The molecule has 0 saturated heterocycles. The second-order valence-corrected chi connectivity index (χ2v) is 3.30. The van der Waals surface area contributed by atoms with Crippen molar-refractivity contribution in [2.45, 2.75) is 12.6 Å². The fourth-order valence-electron chi connectivity index (χ4n) is 1.62. The maximum atomic E-state index is 12.7. The molecule has 1 rings (SSSR count). The fourth-order valence-corrected chi connectivity index (χ4v) is 1.62. The van der Waals surface area contributed by atoms with Crippen LogP contribution >= 0.6 is 0 Å². The molecule has 0 bridgehead atoms. The largest absolute Gasteiger partial charge is 0.493 e. The van der Waals surface area contributed by atoms with Crippen LogP contribution in [0.4, 0.5) is 13.2 Å². The third-order valence-corrected chi connectivity index (χ3v) is 2.32. The van der Waals surface area contributed by atoms with Gasteiger partial charge in [0.1, 0.15) is 0 Å². The zero-order valence-electron chi connectivity index (χ0n) is 9.47. The molecule has 0 heterocycles. The number of rotatable bonds is 4. The van der Waals surface area contributed by atoms with Crippen molar-refractivity contribution >= 4 is 0 Å². The molecule has 3 nitrogen and oxygen atoms in total. The van der Waals surface area contributed by atoms with E-state index in [-0.39, 0.29) is 23.5 Å². The highest BCUT2D eigenvalue weighted by Crippen LogP contribution is 2.40. The molecule has 0 radical (unpaired) electrons. The van der Waals surface area contributed by atoms with Gasteiger partial charge in [0.15, 0.2) is 11.5 Å². The summed E-state index contributed by atoms with van der Waals surface area (Å²) in [6.45, 7) is -0.396. The number of hydrogen-bond donors (Lipinski definition) is 1. The molecule has 0 spiro atoms. The summed E-state index contributed by atoms with van der Waals surface area (Å²) in [6, 6.07) is 2.12. The topological polar surface area (TPSA) is 38.7 Å². The van der Waals surface area contributed by atoms with Crippen LogP contribution in [0.25, 0.3) is 0 Å². The number of alkyl halides is 3. The van der Waals surface area contributed by atoms with E-state index in [0.29, 0.717) is 0 Å². The van der Waals surface area contributed by atoms with E-state index in [1.807, 2.05) is 0 Å². The Morgan fingerprint density at radius 1 is 1.18 bits per heavy atom. The first-order valence-electron chi connectivity index (χ1n) is 4.87. The summed E-state index contributed by atoms with van der Waals surface area (Å²) in [7, 11) is 2.60. The first-order chi connectivity index (χ1) is 7.95. The Bertz CT molecular complexity index is 388. The van der Waals surface area contributed by atoms with Gasteiger partial charge in [-0.3, -0.25) is 0 Å². The van der Waals surface area contributed by atoms with Gasteiger partial charge in [-0.25, -0.2) is 0 Å². The molecule has 0 amide bonds. The van der Waals surface area contributed by atoms with E-state index in [1.165, 1.54) is 20.3 Å². The molecular formula is C11H13F3O3. The molecule has 0 unspecified atom stereocenters. The highest BCUT2D eigenvalue weighted by molar-refractivity contribution is 5.51. The van der Waals surface area contributed by atoms with Gasteiger partial charge in [-0.1, -0.05) is 0 Å². The summed E-state index contributed by atoms with van der Waals surface area (Å²) in [5.74, 6) is 0.223. The van der Waals surface area contributed by atoms with Crippen LogP contribution in [0.2, 0.25) is 0 Å². The minimum absolute atomic E-state index is 0.0105. The summed E-state index contributed by atoms with van der Waals surface area (Å²) in [5.41, 5.74) is -0.911. The van der Waals surface area contributed by atoms with Crippen LogP contribution in [-0.2, 0) is 12.6 Å². The van der Waals surface area contributed by atoms with E-state index in [0.717, 1.165) is 6.07 Å². The molecule has 0 aliphatic carbocycles. The highest BCUT2D eigenvalue weighted by Gasteiger charge is 2.35. The second-order valence-electron chi connectivity index (χ2n) is 3.30. The van der Waals surface area contributed by atoms with Gasteiger partial charge < -0.3 is 14.6 Å². The summed E-state index contributed by atoms with van der Waals surface area (Å²) < 4.78 is 48.1. The zero-order chi connectivity index (χ0) is 13.1. The predicted octanol–water partition coefficient (Wildman–Crippen LogP) is 2.26. The average molecular weight is 250 g/mol. The Morgan fingerprint density at radius 3 is 2.24 bits per heavy atom. The SMILES string of the molecule is COc1ccc(C(F)(F)F)c(CCO)c1OC. The van der Waals surface area contributed by atoms with Crippen LogP contribution in [0.15, 0.2) is 12.1 Å². The van der Waals surface area contributed by atoms with Crippen molar-refractivity contribution in [3.05, 3.63) is 23.3 Å². The van der Waals surface area contributed by atoms with Crippen molar-refractivity contribution in [1.29, 1.82) is 0 Å². The van der Waals surface area contributed by atoms with Crippen LogP contribution < -0.4 is 9.47 Å². The lowest BCUT2D eigenvalue weighted by atomic mass is 10.0. The Hall–Kier alpha value is -1.43. The van der Waals surface area contributed by atoms with Gasteiger partial charge in [0.05, 0.1) is 19.8 Å². The Kier molecular flexibility index (Phi) is 4.22. The molecule has 0 aromatic heterocycles. The molecule has 1 aromatic rings. The molecule has 17 heavy (non-hydrogen) atoms. The van der Waals surface area contributed by atoms with E-state index in [2.05, 4.69) is 0 Å². The maximum Gasteiger partial charge on any atom is 0.416 e. The van der Waals surface area contributed by atoms with Crippen LogP contribution in [0.5, 0.6) is 11.5 Å². The third-order valence-electron chi connectivity index (χ3n) is 2.32. The van der Waals surface area contributed by atoms with E-state index in [4.69, 9.17) is 14.6 Å². The van der Waals surface area contributed by atoms with Gasteiger partial charge in [0.25, 0.3) is 0 Å². The summed E-state index contributed by atoms with van der Waals surface area (Å²) in [5, 5.41) is 8.83. The number of ether oxygens (including phenoxy) is 2. The zero-order valence-corrected chi connectivity index (χ0v) is 9.47. The molecule has 0 saturated carbocycles. The quantitative estimate of drug-likeness (QED) is 0.890. The summed E-state index contributed by atoms with van der Waals surface area (Å²) in [6.07, 6.45) is -4.63. The van der Waals surface area contributed by atoms with Gasteiger partial charge in [0.2, 0.25) is 0 Å². The maximum absolute atomic E-state index is 12.7. The number of hydrogen-bond acceptors (Lipinski definition) is 3. The molecule has 0 fully saturated rings. The van der Waals surface area contributed by atoms with Gasteiger partial charge in [0, 0.05) is 12.2 Å². The van der Waals surface area contributed by atoms with Crippen molar-refractivity contribution in [1.82, 2.24) is 0 Å². The lowest BCUT2D eigenvalue weighted by Gasteiger charge is -2.17. The van der Waals surface area contributed by atoms with Gasteiger partial charge in [-0.2, -0.15) is 13.2 Å². The first kappa shape index (κ1) is 13.6. The van der Waals surface area contributed by atoms with E-state index >= 15 is 0 Å². The molecule has 6 heteroatoms. The fraction of sp³-hybridized carbons (Fsp3) is 0.455.